The Morgan fingerprint density at radius 2 is 1.95 bits per heavy atom. The second kappa shape index (κ2) is 4.01. The van der Waals surface area contributed by atoms with Crippen molar-refractivity contribution in [2.75, 3.05) is 13.2 Å². The van der Waals surface area contributed by atoms with Crippen molar-refractivity contribution in [3.05, 3.63) is 58.4 Å². The van der Waals surface area contributed by atoms with Crippen LogP contribution in [0.15, 0.2) is 36.7 Å². The van der Waals surface area contributed by atoms with E-state index in [9.17, 15) is 4.79 Å². The molecule has 0 radical (unpaired) electrons. The Morgan fingerprint density at radius 3 is 2.75 bits per heavy atom. The lowest BCUT2D eigenvalue weighted by Gasteiger charge is -2.31. The molecule has 1 aromatic carbocycles. The van der Waals surface area contributed by atoms with Crippen LogP contribution in [0.3, 0.4) is 0 Å². The molecule has 5 nitrogen and oxygen atoms in total. The van der Waals surface area contributed by atoms with Gasteiger partial charge in [0.2, 0.25) is 0 Å². The molecule has 1 saturated heterocycles. The topological polar surface area (TPSA) is 55.3 Å². The molecule has 0 unspecified atom stereocenters. The van der Waals surface area contributed by atoms with Crippen LogP contribution < -0.4 is 0 Å². The van der Waals surface area contributed by atoms with E-state index in [0.717, 1.165) is 11.1 Å². The summed E-state index contributed by atoms with van der Waals surface area (Å²) in [6.45, 7) is 1.05. The van der Waals surface area contributed by atoms with Crippen LogP contribution in [0.5, 0.6) is 0 Å². The minimum absolute atomic E-state index is 0.0673. The molecule has 4 rings (SSSR count). The highest BCUT2D eigenvalue weighted by molar-refractivity contribution is 6.30. The first-order chi connectivity index (χ1) is 9.73. The molecule has 2 aliphatic rings. The van der Waals surface area contributed by atoms with Crippen molar-refractivity contribution < 1.29 is 9.53 Å². The fraction of sp³-hybridized carbons (Fsp3) is 0.214. The van der Waals surface area contributed by atoms with E-state index in [-0.39, 0.29) is 5.91 Å². The molecule has 1 aromatic heterocycles. The molecule has 0 spiro atoms. The van der Waals surface area contributed by atoms with E-state index in [0.29, 0.717) is 23.7 Å². The summed E-state index contributed by atoms with van der Waals surface area (Å²) in [5.74, 6) is -0.0673. The summed E-state index contributed by atoms with van der Waals surface area (Å²) in [7, 11) is 0. The third-order valence-electron chi connectivity index (χ3n) is 3.81. The summed E-state index contributed by atoms with van der Waals surface area (Å²) in [4.78, 5) is 14.2. The molecule has 20 heavy (non-hydrogen) atoms. The Labute approximate surface area is 120 Å². The van der Waals surface area contributed by atoms with E-state index in [4.69, 9.17) is 16.3 Å². The summed E-state index contributed by atoms with van der Waals surface area (Å²) in [5, 5.41) is 8.35. The Bertz CT molecular complexity index is 704. The first-order valence-electron chi connectivity index (χ1n) is 6.26. The molecule has 2 aliphatic heterocycles. The quantitative estimate of drug-likeness (QED) is 0.803. The van der Waals surface area contributed by atoms with Gasteiger partial charge in [-0.15, -0.1) is 0 Å². The molecule has 6 heteroatoms. The van der Waals surface area contributed by atoms with E-state index >= 15 is 0 Å². The maximum absolute atomic E-state index is 12.5. The fourth-order valence-electron chi connectivity index (χ4n) is 2.97. The van der Waals surface area contributed by atoms with Gasteiger partial charge in [0.15, 0.2) is 5.72 Å². The van der Waals surface area contributed by atoms with E-state index in [1.807, 2.05) is 12.1 Å². The highest BCUT2D eigenvalue weighted by Gasteiger charge is 2.55. The maximum atomic E-state index is 12.5. The molecule has 0 N–H and O–H groups in total. The van der Waals surface area contributed by atoms with Crippen molar-refractivity contribution in [3.63, 3.8) is 0 Å². The van der Waals surface area contributed by atoms with Crippen molar-refractivity contribution in [2.24, 2.45) is 0 Å². The van der Waals surface area contributed by atoms with Gasteiger partial charge in [0.25, 0.3) is 5.91 Å². The lowest BCUT2D eigenvalue weighted by atomic mass is 9.96. The molecular formula is C14H10ClN3O2. The highest BCUT2D eigenvalue weighted by Crippen LogP contribution is 2.47. The third-order valence-corrected chi connectivity index (χ3v) is 4.06. The Morgan fingerprint density at radius 1 is 1.20 bits per heavy atom. The smallest absolute Gasteiger partial charge is 0.258 e. The van der Waals surface area contributed by atoms with Crippen molar-refractivity contribution in [2.45, 2.75) is 5.72 Å². The van der Waals surface area contributed by atoms with E-state index < -0.39 is 5.72 Å². The number of aromatic nitrogens is 2. The number of carbonyl (C=O) groups excluding carboxylic acids is 1. The largest absolute Gasteiger partial charge is 0.345 e. The van der Waals surface area contributed by atoms with Crippen molar-refractivity contribution >= 4 is 17.5 Å². The molecule has 3 heterocycles. The number of fused-ring (bicyclic) bond motifs is 3. The number of rotatable bonds is 1. The van der Waals surface area contributed by atoms with E-state index in [2.05, 4.69) is 10.2 Å². The molecule has 100 valence electrons. The van der Waals surface area contributed by atoms with Crippen LogP contribution in [0.1, 0.15) is 21.5 Å². The zero-order chi connectivity index (χ0) is 13.7. The lowest BCUT2D eigenvalue weighted by molar-refractivity contribution is -0.0306. The summed E-state index contributed by atoms with van der Waals surface area (Å²) >= 11 is 5.94. The summed E-state index contributed by atoms with van der Waals surface area (Å²) in [5.41, 5.74) is 1.29. The molecule has 1 atom stereocenters. The normalized spacial score (nSPS) is 23.9. The summed E-state index contributed by atoms with van der Waals surface area (Å²) in [6.07, 6.45) is 3.10. The SMILES string of the molecule is O=C1c2cnncc2[C@]2(c3ccc(Cl)cc3)OCCN12. The third kappa shape index (κ3) is 1.34. The minimum Gasteiger partial charge on any atom is -0.345 e. The standard InChI is InChI=1S/C14H10ClN3O2/c15-10-3-1-9(2-4-10)14-12-8-17-16-7-11(12)13(19)18(14)5-6-20-14/h1-4,7-8H,5-6H2/t14-/m0/s1. The number of nitrogens with zero attached hydrogens (tertiary/aromatic N) is 3. The molecule has 2 aromatic rings. The van der Waals surface area contributed by atoms with Crippen molar-refractivity contribution in [1.82, 2.24) is 15.1 Å². The predicted molar refractivity (Wildman–Crippen MR) is 71.3 cm³/mol. The number of ether oxygens (including phenoxy) is 1. The van der Waals surface area contributed by atoms with Crippen LogP contribution >= 0.6 is 11.6 Å². The average molecular weight is 288 g/mol. The molecular weight excluding hydrogens is 278 g/mol. The Kier molecular flexibility index (Phi) is 2.37. The van der Waals surface area contributed by atoms with E-state index in [1.165, 1.54) is 6.20 Å². The molecule has 0 aliphatic carbocycles. The highest BCUT2D eigenvalue weighted by atomic mass is 35.5. The molecule has 1 fully saturated rings. The van der Waals surface area contributed by atoms with Crippen LogP contribution in [0.4, 0.5) is 0 Å². The van der Waals surface area contributed by atoms with Crippen LogP contribution in [-0.4, -0.2) is 34.2 Å². The van der Waals surface area contributed by atoms with Gasteiger partial charge in [0.05, 0.1) is 24.6 Å². The fourth-order valence-corrected chi connectivity index (χ4v) is 3.09. The van der Waals surface area contributed by atoms with Gasteiger partial charge in [-0.2, -0.15) is 10.2 Å². The zero-order valence-electron chi connectivity index (χ0n) is 10.4. The minimum atomic E-state index is -0.882. The second-order valence-electron chi connectivity index (χ2n) is 4.77. The van der Waals surface area contributed by atoms with Gasteiger partial charge in [0.1, 0.15) is 0 Å². The van der Waals surface area contributed by atoms with Crippen LogP contribution in [0.25, 0.3) is 0 Å². The Hall–Kier alpha value is -1.98. The van der Waals surface area contributed by atoms with Gasteiger partial charge in [-0.25, -0.2) is 0 Å². The van der Waals surface area contributed by atoms with Gasteiger partial charge in [-0.3, -0.25) is 9.69 Å². The lowest BCUT2D eigenvalue weighted by Crippen LogP contribution is -2.40. The van der Waals surface area contributed by atoms with Gasteiger partial charge in [-0.1, -0.05) is 23.7 Å². The summed E-state index contributed by atoms with van der Waals surface area (Å²) < 4.78 is 5.98. The number of hydrogen-bond acceptors (Lipinski definition) is 4. The number of halogens is 1. The van der Waals surface area contributed by atoms with Gasteiger partial charge in [-0.05, 0) is 12.1 Å². The second-order valence-corrected chi connectivity index (χ2v) is 5.21. The molecule has 0 bridgehead atoms. The van der Waals surface area contributed by atoms with Gasteiger partial charge >= 0.3 is 0 Å². The number of carbonyl (C=O) groups is 1. The number of amides is 1. The van der Waals surface area contributed by atoms with Crippen LogP contribution in [-0.2, 0) is 10.5 Å². The van der Waals surface area contributed by atoms with Crippen LogP contribution in [0, 0.1) is 0 Å². The monoisotopic (exact) mass is 287 g/mol. The van der Waals surface area contributed by atoms with Crippen LogP contribution in [0.2, 0.25) is 5.02 Å². The predicted octanol–water partition coefficient (Wildman–Crippen LogP) is 1.82. The maximum Gasteiger partial charge on any atom is 0.258 e. The zero-order valence-corrected chi connectivity index (χ0v) is 11.2. The van der Waals surface area contributed by atoms with E-state index in [1.54, 1.807) is 23.2 Å². The first-order valence-corrected chi connectivity index (χ1v) is 6.64. The van der Waals surface area contributed by atoms with Gasteiger partial charge in [0, 0.05) is 22.7 Å². The number of benzene rings is 1. The molecule has 1 amide bonds. The average Bonchev–Trinajstić information content (AvgIpc) is 3.01. The molecule has 0 saturated carbocycles. The van der Waals surface area contributed by atoms with Gasteiger partial charge < -0.3 is 4.74 Å². The Balaban J connectivity index is 1.99. The number of hydrogen-bond donors (Lipinski definition) is 0. The van der Waals surface area contributed by atoms with Crippen molar-refractivity contribution in [1.29, 1.82) is 0 Å². The van der Waals surface area contributed by atoms with Crippen molar-refractivity contribution in [3.8, 4) is 0 Å². The summed E-state index contributed by atoms with van der Waals surface area (Å²) in [6, 6.07) is 7.35. The first kappa shape index (κ1) is 11.8.